The van der Waals surface area contributed by atoms with E-state index in [1.807, 2.05) is 18.2 Å². The molecule has 0 saturated carbocycles. The fraction of sp³-hybridized carbons (Fsp3) is 0.467. The van der Waals surface area contributed by atoms with Crippen molar-refractivity contribution in [2.75, 3.05) is 30.6 Å². The van der Waals surface area contributed by atoms with E-state index in [-0.39, 0.29) is 11.8 Å². The van der Waals surface area contributed by atoms with Crippen molar-refractivity contribution in [1.82, 2.24) is 10.6 Å². The lowest BCUT2D eigenvalue weighted by molar-refractivity contribution is -0.127. The molecule has 0 aliphatic carbocycles. The Hall–Kier alpha value is -1.14. The summed E-state index contributed by atoms with van der Waals surface area (Å²) in [5, 5.41) is 5.47. The molecular formula is C15H24N2O2S2. The van der Waals surface area contributed by atoms with Gasteiger partial charge >= 0.3 is 0 Å². The summed E-state index contributed by atoms with van der Waals surface area (Å²) in [4.78, 5) is 24.3. The fourth-order valence-electron chi connectivity index (χ4n) is 1.90. The van der Waals surface area contributed by atoms with Crippen molar-refractivity contribution in [1.29, 1.82) is 0 Å². The summed E-state index contributed by atoms with van der Waals surface area (Å²) < 4.78 is 0. The summed E-state index contributed by atoms with van der Waals surface area (Å²) in [5.41, 5.74) is 0. The second-order valence-electron chi connectivity index (χ2n) is 5.28. The Bertz CT molecular complexity index is 478. The number of carbonyl (C=O) groups is 2. The Morgan fingerprint density at radius 2 is 1.86 bits per heavy atom. The molecule has 0 radical (unpaired) electrons. The van der Waals surface area contributed by atoms with Gasteiger partial charge in [0.1, 0.15) is 6.04 Å². The maximum absolute atomic E-state index is 12.0. The van der Waals surface area contributed by atoms with Crippen LogP contribution in [0.4, 0.5) is 0 Å². The van der Waals surface area contributed by atoms with E-state index >= 15 is 0 Å². The van der Waals surface area contributed by atoms with Crippen LogP contribution in [0, 0.1) is 0 Å². The second kappa shape index (κ2) is 8.34. The van der Waals surface area contributed by atoms with Crippen LogP contribution >= 0.6 is 22.7 Å². The molecule has 1 atom stereocenters. The zero-order chi connectivity index (χ0) is 15.9. The molecule has 1 rings (SSSR count). The average Bonchev–Trinajstić information content (AvgIpc) is 2.45. The number of carbonyl (C=O) groups excluding carboxylic acids is 2. The van der Waals surface area contributed by atoms with Crippen molar-refractivity contribution in [3.8, 4) is 0 Å². The number of hydrogen-bond acceptors (Lipinski definition) is 3. The first kappa shape index (κ1) is 17.9. The summed E-state index contributed by atoms with van der Waals surface area (Å²) in [6, 6.07) is 9.77. The van der Waals surface area contributed by atoms with E-state index in [9.17, 15) is 9.59 Å². The van der Waals surface area contributed by atoms with Crippen LogP contribution in [0.5, 0.6) is 0 Å². The van der Waals surface area contributed by atoms with Gasteiger partial charge in [-0.3, -0.25) is 9.59 Å². The highest BCUT2D eigenvalue weighted by molar-refractivity contribution is 8.32. The van der Waals surface area contributed by atoms with Crippen LogP contribution in [0.1, 0.15) is 6.92 Å². The number of benzene rings is 1. The molecule has 2 N–H and O–H groups in total. The first-order valence-corrected chi connectivity index (χ1v) is 10.0. The normalized spacial score (nSPS) is 13.3. The highest BCUT2D eigenvalue weighted by Crippen LogP contribution is 2.48. The molecule has 0 bridgehead atoms. The van der Waals surface area contributed by atoms with E-state index in [1.165, 1.54) is 11.8 Å². The molecule has 1 aromatic carbocycles. The molecule has 0 heterocycles. The average molecular weight is 329 g/mol. The van der Waals surface area contributed by atoms with Gasteiger partial charge in [-0.15, -0.1) is 0 Å². The Balaban J connectivity index is 2.48. The van der Waals surface area contributed by atoms with Crippen LogP contribution in [0.3, 0.4) is 0 Å². The van der Waals surface area contributed by atoms with Gasteiger partial charge in [0, 0.05) is 19.2 Å². The van der Waals surface area contributed by atoms with Crippen molar-refractivity contribution in [2.45, 2.75) is 17.9 Å². The topological polar surface area (TPSA) is 58.2 Å². The molecule has 0 aliphatic heterocycles. The Morgan fingerprint density at radius 3 is 2.38 bits per heavy atom. The molecule has 0 saturated heterocycles. The molecule has 1 aromatic rings. The maximum Gasteiger partial charge on any atom is 0.243 e. The smallest absolute Gasteiger partial charge is 0.243 e. The van der Waals surface area contributed by atoms with Gasteiger partial charge in [-0.05, 0) is 23.2 Å². The summed E-state index contributed by atoms with van der Waals surface area (Å²) in [6.45, 7) is 1.99. The fourth-order valence-corrected chi connectivity index (χ4v) is 3.90. The summed E-state index contributed by atoms with van der Waals surface area (Å²) >= 11 is 4.10. The van der Waals surface area contributed by atoms with Gasteiger partial charge in [0.2, 0.25) is 11.8 Å². The van der Waals surface area contributed by atoms with E-state index in [0.29, 0.717) is 12.3 Å². The van der Waals surface area contributed by atoms with Crippen molar-refractivity contribution in [3.63, 3.8) is 0 Å². The standard InChI is InChI=1S/C15H24N2O2S2/c1-12(18)17-14(11-20)15(19)16-9-10-21(2,3)13-7-5-4-6-8-13/h4-8,14,20H,9-11H2,1-3H3,(H,16,19)(H,17,18). The Labute approximate surface area is 133 Å². The molecule has 0 spiro atoms. The van der Waals surface area contributed by atoms with Gasteiger partial charge in [-0.1, -0.05) is 30.3 Å². The van der Waals surface area contributed by atoms with Gasteiger partial charge in [0.15, 0.2) is 0 Å². The van der Waals surface area contributed by atoms with Crippen molar-refractivity contribution >= 4 is 34.5 Å². The van der Waals surface area contributed by atoms with E-state index < -0.39 is 16.1 Å². The van der Waals surface area contributed by atoms with Crippen LogP contribution in [0.2, 0.25) is 0 Å². The molecule has 2 amide bonds. The minimum Gasteiger partial charge on any atom is -0.354 e. The van der Waals surface area contributed by atoms with Crippen LogP contribution in [-0.4, -0.2) is 48.4 Å². The lowest BCUT2D eigenvalue weighted by atomic mass is 10.3. The summed E-state index contributed by atoms with van der Waals surface area (Å²) in [7, 11) is -0.933. The van der Waals surface area contributed by atoms with E-state index in [2.05, 4.69) is 47.9 Å². The van der Waals surface area contributed by atoms with Crippen LogP contribution in [0.25, 0.3) is 0 Å². The zero-order valence-corrected chi connectivity index (χ0v) is 14.5. The molecule has 118 valence electrons. The minimum absolute atomic E-state index is 0.177. The maximum atomic E-state index is 12.0. The third-order valence-electron chi connectivity index (χ3n) is 3.17. The molecule has 4 nitrogen and oxygen atoms in total. The molecule has 21 heavy (non-hydrogen) atoms. The number of rotatable bonds is 7. The van der Waals surface area contributed by atoms with Crippen molar-refractivity contribution < 1.29 is 9.59 Å². The van der Waals surface area contributed by atoms with Gasteiger partial charge in [-0.2, -0.15) is 12.6 Å². The highest BCUT2D eigenvalue weighted by Gasteiger charge is 2.19. The van der Waals surface area contributed by atoms with Crippen LogP contribution < -0.4 is 10.6 Å². The number of amides is 2. The molecule has 1 unspecified atom stereocenters. The first-order chi connectivity index (χ1) is 9.86. The molecule has 0 aromatic heterocycles. The summed E-state index contributed by atoms with van der Waals surface area (Å²) in [6.07, 6.45) is 4.47. The van der Waals surface area contributed by atoms with E-state index in [4.69, 9.17) is 0 Å². The van der Waals surface area contributed by atoms with Crippen LogP contribution in [-0.2, 0) is 9.59 Å². The number of thiol groups is 1. The first-order valence-electron chi connectivity index (χ1n) is 6.78. The predicted octanol–water partition coefficient (Wildman–Crippen LogP) is 1.66. The Kier molecular flexibility index (Phi) is 7.11. The zero-order valence-electron chi connectivity index (χ0n) is 12.8. The van der Waals surface area contributed by atoms with Crippen LogP contribution in [0.15, 0.2) is 35.2 Å². The monoisotopic (exact) mass is 328 g/mol. The second-order valence-corrected chi connectivity index (χ2v) is 9.60. The quantitative estimate of drug-likeness (QED) is 0.667. The van der Waals surface area contributed by atoms with E-state index in [0.717, 1.165) is 5.75 Å². The number of hydrogen-bond donors (Lipinski definition) is 3. The molecule has 0 aliphatic rings. The van der Waals surface area contributed by atoms with Gasteiger partial charge in [0.25, 0.3) is 0 Å². The van der Waals surface area contributed by atoms with Gasteiger partial charge < -0.3 is 10.6 Å². The third-order valence-corrected chi connectivity index (χ3v) is 6.31. The highest BCUT2D eigenvalue weighted by atomic mass is 32.3. The molecular weight excluding hydrogens is 304 g/mol. The number of nitrogens with one attached hydrogen (secondary N) is 2. The molecule has 6 heteroatoms. The van der Waals surface area contributed by atoms with Gasteiger partial charge in [-0.25, -0.2) is 10.0 Å². The third kappa shape index (κ3) is 6.01. The molecule has 0 fully saturated rings. The van der Waals surface area contributed by atoms with Crippen molar-refractivity contribution in [2.24, 2.45) is 0 Å². The minimum atomic E-state index is -0.933. The SMILES string of the molecule is CC(=O)NC(CS)C(=O)NCCS(C)(C)c1ccccc1. The lowest BCUT2D eigenvalue weighted by Gasteiger charge is -2.32. The van der Waals surface area contributed by atoms with E-state index in [1.54, 1.807) is 0 Å². The lowest BCUT2D eigenvalue weighted by Crippen LogP contribution is -2.48. The largest absolute Gasteiger partial charge is 0.354 e. The van der Waals surface area contributed by atoms with Gasteiger partial charge in [0.05, 0.1) is 0 Å². The predicted molar refractivity (Wildman–Crippen MR) is 93.5 cm³/mol. The Morgan fingerprint density at radius 1 is 1.24 bits per heavy atom. The van der Waals surface area contributed by atoms with Crippen molar-refractivity contribution in [3.05, 3.63) is 30.3 Å². The summed E-state index contributed by atoms with van der Waals surface area (Å²) in [5.74, 6) is 0.797.